The first kappa shape index (κ1) is 15.5. The number of nitrogen functional groups attached to an aromatic ring is 1. The predicted octanol–water partition coefficient (Wildman–Crippen LogP) is 2.41. The van der Waals surface area contributed by atoms with Crippen molar-refractivity contribution in [2.24, 2.45) is 0 Å². The third-order valence-corrected chi connectivity index (χ3v) is 4.77. The van der Waals surface area contributed by atoms with Gasteiger partial charge in [0.25, 0.3) is 0 Å². The van der Waals surface area contributed by atoms with E-state index in [9.17, 15) is 8.42 Å². The van der Waals surface area contributed by atoms with Crippen LogP contribution in [0.5, 0.6) is 0 Å². The Morgan fingerprint density at radius 2 is 1.81 bits per heavy atom. The molecule has 0 saturated heterocycles. The second-order valence-corrected chi connectivity index (χ2v) is 6.92. The summed E-state index contributed by atoms with van der Waals surface area (Å²) in [6, 6.07) is 12.8. The molecule has 2 rings (SSSR count). The minimum atomic E-state index is -3.52. The highest BCUT2D eigenvalue weighted by atomic mass is 32.2. The van der Waals surface area contributed by atoms with Crippen molar-refractivity contribution in [3.63, 3.8) is 0 Å². The summed E-state index contributed by atoms with van der Waals surface area (Å²) in [5.74, 6) is 0. The summed E-state index contributed by atoms with van der Waals surface area (Å²) in [4.78, 5) is 0.213. The topological polar surface area (TPSA) is 72.2 Å². The number of nitrogens with two attached hydrogens (primary N) is 1. The maximum absolute atomic E-state index is 12.2. The Hall–Kier alpha value is -1.85. The number of nitrogens with one attached hydrogen (secondary N) is 1. The molecule has 5 heteroatoms. The van der Waals surface area contributed by atoms with Crippen LogP contribution >= 0.6 is 0 Å². The molecule has 4 nitrogen and oxygen atoms in total. The first-order valence-electron chi connectivity index (χ1n) is 6.80. The Kier molecular flexibility index (Phi) is 4.65. The van der Waals surface area contributed by atoms with Crippen LogP contribution in [-0.4, -0.2) is 15.0 Å². The summed E-state index contributed by atoms with van der Waals surface area (Å²) < 4.78 is 27.1. The van der Waals surface area contributed by atoms with Crippen molar-refractivity contribution in [3.8, 4) is 0 Å². The minimum Gasteiger partial charge on any atom is -0.399 e. The zero-order valence-corrected chi connectivity index (χ0v) is 13.1. The zero-order valence-electron chi connectivity index (χ0n) is 12.3. The number of hydrogen-bond donors (Lipinski definition) is 2. The summed E-state index contributed by atoms with van der Waals surface area (Å²) in [5.41, 5.74) is 9.29. The minimum absolute atomic E-state index is 0.213. The standard InChI is InChI=1S/C16H20N2O2S/c1-12-9-15(17)11-16(10-12)21(19,20)18-8-7-14-6-4-3-5-13(14)2/h3-6,9-11,18H,7-8,17H2,1-2H3. The third kappa shape index (κ3) is 4.06. The molecule has 2 aromatic rings. The molecule has 0 saturated carbocycles. The Labute approximate surface area is 126 Å². The number of rotatable bonds is 5. The van der Waals surface area contributed by atoms with E-state index in [1.54, 1.807) is 12.1 Å². The number of anilines is 1. The third-order valence-electron chi connectivity index (χ3n) is 3.33. The number of benzene rings is 2. The lowest BCUT2D eigenvalue weighted by Gasteiger charge is -2.09. The summed E-state index contributed by atoms with van der Waals surface area (Å²) in [5, 5.41) is 0. The molecule has 0 bridgehead atoms. The van der Waals surface area contributed by atoms with E-state index in [0.717, 1.165) is 16.7 Å². The highest BCUT2D eigenvalue weighted by Crippen LogP contribution is 2.16. The van der Waals surface area contributed by atoms with Gasteiger partial charge in [-0.25, -0.2) is 13.1 Å². The average Bonchev–Trinajstić information content (AvgIpc) is 2.40. The molecule has 0 spiro atoms. The number of aryl methyl sites for hydroxylation is 2. The van der Waals surface area contributed by atoms with Crippen LogP contribution in [0.3, 0.4) is 0 Å². The fraction of sp³-hybridized carbons (Fsp3) is 0.250. The lowest BCUT2D eigenvalue weighted by atomic mass is 10.1. The highest BCUT2D eigenvalue weighted by Gasteiger charge is 2.14. The van der Waals surface area contributed by atoms with Crippen molar-refractivity contribution in [3.05, 3.63) is 59.2 Å². The summed E-state index contributed by atoms with van der Waals surface area (Å²) in [6.07, 6.45) is 0.660. The van der Waals surface area contributed by atoms with Crippen molar-refractivity contribution >= 4 is 15.7 Å². The molecule has 0 aliphatic carbocycles. The van der Waals surface area contributed by atoms with E-state index in [-0.39, 0.29) is 4.90 Å². The predicted molar refractivity (Wildman–Crippen MR) is 85.7 cm³/mol. The van der Waals surface area contributed by atoms with Gasteiger partial charge in [0.1, 0.15) is 0 Å². The molecule has 21 heavy (non-hydrogen) atoms. The second-order valence-electron chi connectivity index (χ2n) is 5.15. The smallest absolute Gasteiger partial charge is 0.240 e. The van der Waals surface area contributed by atoms with Gasteiger partial charge in [-0.1, -0.05) is 24.3 Å². The lowest BCUT2D eigenvalue weighted by Crippen LogP contribution is -2.26. The fourth-order valence-electron chi connectivity index (χ4n) is 2.23. The Bertz CT molecular complexity index is 719. The van der Waals surface area contributed by atoms with Gasteiger partial charge in [-0.3, -0.25) is 0 Å². The number of hydrogen-bond acceptors (Lipinski definition) is 3. The van der Waals surface area contributed by atoms with Crippen molar-refractivity contribution in [1.29, 1.82) is 0 Å². The van der Waals surface area contributed by atoms with Crippen molar-refractivity contribution in [1.82, 2.24) is 4.72 Å². The van der Waals surface area contributed by atoms with Gasteiger partial charge in [0.2, 0.25) is 10.0 Å². The molecular weight excluding hydrogens is 284 g/mol. The summed E-state index contributed by atoms with van der Waals surface area (Å²) in [7, 11) is -3.52. The fourth-order valence-corrected chi connectivity index (χ4v) is 3.40. The maximum atomic E-state index is 12.2. The van der Waals surface area contributed by atoms with Gasteiger partial charge in [0.05, 0.1) is 4.90 Å². The lowest BCUT2D eigenvalue weighted by molar-refractivity contribution is 0.581. The van der Waals surface area contributed by atoms with Crippen LogP contribution in [0.15, 0.2) is 47.4 Å². The second kappa shape index (κ2) is 6.28. The molecule has 0 fully saturated rings. The van der Waals surface area contributed by atoms with E-state index >= 15 is 0 Å². The monoisotopic (exact) mass is 304 g/mol. The van der Waals surface area contributed by atoms with E-state index in [2.05, 4.69) is 4.72 Å². The van der Waals surface area contributed by atoms with Gasteiger partial charge in [0, 0.05) is 12.2 Å². The Morgan fingerprint density at radius 3 is 2.48 bits per heavy atom. The van der Waals surface area contributed by atoms with E-state index < -0.39 is 10.0 Å². The van der Waals surface area contributed by atoms with Crippen LogP contribution in [-0.2, 0) is 16.4 Å². The molecule has 0 atom stereocenters. The molecule has 2 aromatic carbocycles. The molecule has 0 heterocycles. The van der Waals surface area contributed by atoms with Gasteiger partial charge in [0.15, 0.2) is 0 Å². The molecule has 0 aliphatic rings. The normalized spacial score (nSPS) is 11.5. The van der Waals surface area contributed by atoms with E-state index in [1.807, 2.05) is 38.1 Å². The summed E-state index contributed by atoms with van der Waals surface area (Å²) in [6.45, 7) is 4.20. The van der Waals surface area contributed by atoms with Crippen molar-refractivity contribution in [2.45, 2.75) is 25.2 Å². The maximum Gasteiger partial charge on any atom is 0.240 e. The van der Waals surface area contributed by atoms with E-state index in [1.165, 1.54) is 6.07 Å². The highest BCUT2D eigenvalue weighted by molar-refractivity contribution is 7.89. The zero-order chi connectivity index (χ0) is 15.5. The first-order chi connectivity index (χ1) is 9.88. The molecule has 3 N–H and O–H groups in total. The van der Waals surface area contributed by atoms with Crippen LogP contribution in [0.4, 0.5) is 5.69 Å². The molecule has 0 amide bonds. The molecular formula is C16H20N2O2S. The molecule has 0 aromatic heterocycles. The Morgan fingerprint density at radius 1 is 1.10 bits per heavy atom. The van der Waals surface area contributed by atoms with Gasteiger partial charge in [-0.2, -0.15) is 0 Å². The molecule has 112 valence electrons. The first-order valence-corrected chi connectivity index (χ1v) is 8.28. The van der Waals surface area contributed by atoms with Gasteiger partial charge in [-0.05, 0) is 55.2 Å². The van der Waals surface area contributed by atoms with Crippen molar-refractivity contribution < 1.29 is 8.42 Å². The van der Waals surface area contributed by atoms with Gasteiger partial charge < -0.3 is 5.73 Å². The quantitative estimate of drug-likeness (QED) is 0.833. The van der Waals surface area contributed by atoms with Gasteiger partial charge in [-0.15, -0.1) is 0 Å². The van der Waals surface area contributed by atoms with Crippen LogP contribution in [0, 0.1) is 13.8 Å². The molecule has 0 radical (unpaired) electrons. The van der Waals surface area contributed by atoms with Crippen LogP contribution in [0.2, 0.25) is 0 Å². The average molecular weight is 304 g/mol. The summed E-state index contributed by atoms with van der Waals surface area (Å²) >= 11 is 0. The van der Waals surface area contributed by atoms with Crippen LogP contribution in [0.1, 0.15) is 16.7 Å². The van der Waals surface area contributed by atoms with Crippen LogP contribution in [0.25, 0.3) is 0 Å². The number of sulfonamides is 1. The van der Waals surface area contributed by atoms with Gasteiger partial charge >= 0.3 is 0 Å². The largest absolute Gasteiger partial charge is 0.399 e. The molecule has 0 aliphatic heterocycles. The van der Waals surface area contributed by atoms with E-state index in [4.69, 9.17) is 5.73 Å². The van der Waals surface area contributed by atoms with E-state index in [0.29, 0.717) is 18.7 Å². The SMILES string of the molecule is Cc1cc(N)cc(S(=O)(=O)NCCc2ccccc2C)c1. The van der Waals surface area contributed by atoms with Crippen molar-refractivity contribution in [2.75, 3.05) is 12.3 Å². The Balaban J connectivity index is 2.06. The van der Waals surface area contributed by atoms with Crippen LogP contribution < -0.4 is 10.5 Å². The molecule has 0 unspecified atom stereocenters.